The van der Waals surface area contributed by atoms with Gasteiger partial charge in [-0.3, -0.25) is 9.59 Å². The zero-order valence-corrected chi connectivity index (χ0v) is 18.4. The SMILES string of the molecule is COC1=C[C@@H](C)[C@@H]2C[C@H]3O[C@@H](OC)C[C@H]4C(C)=C(OC)C(=O)[C@H]([C@@]2(C)C1=O)[C@@]34C. The molecule has 0 N–H and O–H groups in total. The van der Waals surface area contributed by atoms with E-state index in [1.165, 1.54) is 7.11 Å². The Bertz CT molecular complexity index is 812. The molecule has 6 heteroatoms. The predicted octanol–water partition coefficient (Wildman–Crippen LogP) is 3.26. The molecular formula is C23H32O6. The fourth-order valence-corrected chi connectivity index (χ4v) is 7.10. The Morgan fingerprint density at radius 3 is 2.38 bits per heavy atom. The van der Waals surface area contributed by atoms with Gasteiger partial charge in [-0.2, -0.15) is 0 Å². The Morgan fingerprint density at radius 1 is 1.10 bits per heavy atom. The molecule has 1 saturated heterocycles. The molecule has 0 aromatic heterocycles. The number of methoxy groups -OCH3 is 3. The molecule has 0 spiro atoms. The second-order valence-electron chi connectivity index (χ2n) is 9.51. The molecule has 8 atom stereocenters. The Balaban J connectivity index is 1.96. The van der Waals surface area contributed by atoms with Crippen LogP contribution in [0.2, 0.25) is 0 Å². The van der Waals surface area contributed by atoms with Gasteiger partial charge in [0.25, 0.3) is 0 Å². The summed E-state index contributed by atoms with van der Waals surface area (Å²) in [5, 5.41) is 0. The number of fused-ring (bicyclic) bond motifs is 2. The van der Waals surface area contributed by atoms with Crippen molar-refractivity contribution in [3.05, 3.63) is 23.2 Å². The summed E-state index contributed by atoms with van der Waals surface area (Å²) in [5.41, 5.74) is -0.435. The Morgan fingerprint density at radius 2 is 1.79 bits per heavy atom. The molecule has 2 fully saturated rings. The molecule has 160 valence electrons. The van der Waals surface area contributed by atoms with Crippen molar-refractivity contribution < 1.29 is 28.5 Å². The number of ketones is 2. The molecule has 0 unspecified atom stereocenters. The monoisotopic (exact) mass is 404 g/mol. The molecule has 0 radical (unpaired) electrons. The van der Waals surface area contributed by atoms with Gasteiger partial charge in [0.1, 0.15) is 0 Å². The summed E-state index contributed by atoms with van der Waals surface area (Å²) in [6, 6.07) is 0. The first kappa shape index (κ1) is 20.6. The molecule has 0 aromatic rings. The van der Waals surface area contributed by atoms with E-state index >= 15 is 0 Å². The summed E-state index contributed by atoms with van der Waals surface area (Å²) in [6.45, 7) is 8.14. The highest BCUT2D eigenvalue weighted by Crippen LogP contribution is 2.67. The van der Waals surface area contributed by atoms with E-state index < -0.39 is 16.7 Å². The third-order valence-corrected chi connectivity index (χ3v) is 8.46. The van der Waals surface area contributed by atoms with Crippen molar-refractivity contribution in [1.29, 1.82) is 0 Å². The molecule has 4 rings (SSSR count). The van der Waals surface area contributed by atoms with E-state index in [4.69, 9.17) is 18.9 Å². The van der Waals surface area contributed by atoms with Crippen LogP contribution < -0.4 is 0 Å². The fraction of sp³-hybridized carbons (Fsp3) is 0.739. The van der Waals surface area contributed by atoms with Crippen molar-refractivity contribution in [2.75, 3.05) is 21.3 Å². The summed E-state index contributed by atoms with van der Waals surface area (Å²) >= 11 is 0. The fourth-order valence-electron chi connectivity index (χ4n) is 7.10. The normalized spacial score (nSPS) is 46.7. The summed E-state index contributed by atoms with van der Waals surface area (Å²) in [5.74, 6) is 0.169. The molecule has 1 aliphatic heterocycles. The minimum atomic E-state index is -0.867. The summed E-state index contributed by atoms with van der Waals surface area (Å²) < 4.78 is 23.0. The van der Waals surface area contributed by atoms with Gasteiger partial charge < -0.3 is 18.9 Å². The van der Waals surface area contributed by atoms with Gasteiger partial charge in [0.2, 0.25) is 11.6 Å². The van der Waals surface area contributed by atoms with Crippen LogP contribution in [0.1, 0.15) is 40.5 Å². The highest BCUT2D eigenvalue weighted by molar-refractivity contribution is 6.07. The lowest BCUT2D eigenvalue weighted by Gasteiger charge is -2.65. The van der Waals surface area contributed by atoms with Crippen molar-refractivity contribution in [1.82, 2.24) is 0 Å². The molecule has 1 saturated carbocycles. The number of hydrogen-bond donors (Lipinski definition) is 0. The van der Waals surface area contributed by atoms with Gasteiger partial charge in [0.15, 0.2) is 17.8 Å². The first-order chi connectivity index (χ1) is 13.7. The van der Waals surface area contributed by atoms with Gasteiger partial charge in [0, 0.05) is 30.3 Å². The minimum Gasteiger partial charge on any atom is -0.493 e. The lowest BCUT2D eigenvalue weighted by atomic mass is 9.40. The van der Waals surface area contributed by atoms with Crippen molar-refractivity contribution in [2.45, 2.75) is 52.9 Å². The van der Waals surface area contributed by atoms with Crippen LogP contribution in [-0.4, -0.2) is 45.3 Å². The van der Waals surface area contributed by atoms with E-state index in [1.54, 1.807) is 14.2 Å². The second kappa shape index (κ2) is 6.67. The van der Waals surface area contributed by atoms with Gasteiger partial charge in [-0.1, -0.05) is 20.8 Å². The molecule has 6 nitrogen and oxygen atoms in total. The average Bonchev–Trinajstić information content (AvgIpc) is 2.68. The molecule has 1 heterocycles. The molecule has 4 aliphatic rings. The third kappa shape index (κ3) is 2.42. The maximum Gasteiger partial charge on any atom is 0.203 e. The first-order valence-electron chi connectivity index (χ1n) is 10.4. The van der Waals surface area contributed by atoms with Crippen LogP contribution in [0.3, 0.4) is 0 Å². The average molecular weight is 405 g/mol. The number of hydrogen-bond acceptors (Lipinski definition) is 6. The van der Waals surface area contributed by atoms with Gasteiger partial charge in [-0.05, 0) is 42.7 Å². The highest BCUT2D eigenvalue weighted by atomic mass is 16.7. The van der Waals surface area contributed by atoms with Gasteiger partial charge in [-0.25, -0.2) is 0 Å². The maximum atomic E-state index is 13.8. The minimum absolute atomic E-state index is 0.0197. The standard InChI is InChI=1S/C23H32O6/c1-11-8-15(26-5)21(25)23(4)13(11)9-16-22(3)14(10-17(27-6)29-16)12(2)19(28-7)18(24)20(22)23/h8,11,13-14,16-17,20H,9-10H2,1-7H3/t11-,13+,14+,16-,17-,20+,22-,23+/m1/s1. The number of carbonyl (C=O) groups is 2. The van der Waals surface area contributed by atoms with E-state index in [9.17, 15) is 9.59 Å². The van der Waals surface area contributed by atoms with Crippen molar-refractivity contribution in [3.8, 4) is 0 Å². The highest BCUT2D eigenvalue weighted by Gasteiger charge is 2.71. The van der Waals surface area contributed by atoms with Crippen LogP contribution in [0.25, 0.3) is 0 Å². The number of Topliss-reactive ketones (excluding diaryl/α,β-unsaturated/α-hetero) is 2. The van der Waals surface area contributed by atoms with Gasteiger partial charge in [-0.15, -0.1) is 0 Å². The summed E-state index contributed by atoms with van der Waals surface area (Å²) in [6.07, 6.45) is 2.76. The Kier molecular flexibility index (Phi) is 4.74. The molecular weight excluding hydrogens is 372 g/mol. The van der Waals surface area contributed by atoms with E-state index in [2.05, 4.69) is 13.8 Å². The van der Waals surface area contributed by atoms with Gasteiger partial charge in [0.05, 0.1) is 20.3 Å². The van der Waals surface area contributed by atoms with Crippen molar-refractivity contribution in [2.24, 2.45) is 34.5 Å². The predicted molar refractivity (Wildman–Crippen MR) is 106 cm³/mol. The van der Waals surface area contributed by atoms with E-state index in [0.29, 0.717) is 24.4 Å². The van der Waals surface area contributed by atoms with Crippen molar-refractivity contribution in [3.63, 3.8) is 0 Å². The number of rotatable bonds is 3. The van der Waals surface area contributed by atoms with Crippen LogP contribution in [0.15, 0.2) is 23.2 Å². The number of allylic oxidation sites excluding steroid dienone is 4. The number of carbonyl (C=O) groups excluding carboxylic acids is 2. The Hall–Kier alpha value is -1.66. The topological polar surface area (TPSA) is 71.1 Å². The van der Waals surface area contributed by atoms with Crippen molar-refractivity contribution >= 4 is 11.6 Å². The zero-order valence-electron chi connectivity index (χ0n) is 18.4. The second-order valence-corrected chi connectivity index (χ2v) is 9.51. The smallest absolute Gasteiger partial charge is 0.203 e. The van der Waals surface area contributed by atoms with Crippen LogP contribution in [0.5, 0.6) is 0 Å². The van der Waals surface area contributed by atoms with Crippen LogP contribution in [0, 0.1) is 34.5 Å². The van der Waals surface area contributed by atoms with Crippen LogP contribution in [-0.2, 0) is 28.5 Å². The van der Waals surface area contributed by atoms with Crippen LogP contribution >= 0.6 is 0 Å². The summed E-state index contributed by atoms with van der Waals surface area (Å²) in [4.78, 5) is 27.5. The lowest BCUT2D eigenvalue weighted by Crippen LogP contribution is -2.69. The first-order valence-corrected chi connectivity index (χ1v) is 10.4. The quantitative estimate of drug-likeness (QED) is 0.719. The van der Waals surface area contributed by atoms with E-state index in [-0.39, 0.29) is 41.7 Å². The third-order valence-electron chi connectivity index (χ3n) is 8.46. The molecule has 0 aromatic carbocycles. The maximum absolute atomic E-state index is 13.8. The molecule has 0 amide bonds. The van der Waals surface area contributed by atoms with E-state index in [0.717, 1.165) is 5.57 Å². The molecule has 29 heavy (non-hydrogen) atoms. The lowest BCUT2D eigenvalue weighted by molar-refractivity contribution is -0.279. The largest absolute Gasteiger partial charge is 0.493 e. The van der Waals surface area contributed by atoms with Gasteiger partial charge >= 0.3 is 0 Å². The zero-order chi connectivity index (χ0) is 21.3. The van der Waals surface area contributed by atoms with E-state index in [1.807, 2.05) is 19.9 Å². The molecule has 0 bridgehead atoms. The summed E-state index contributed by atoms with van der Waals surface area (Å²) in [7, 11) is 4.72. The molecule has 3 aliphatic carbocycles. The number of ether oxygens (including phenoxy) is 4. The van der Waals surface area contributed by atoms with Crippen LogP contribution in [0.4, 0.5) is 0 Å². The Labute approximate surface area is 172 Å².